The van der Waals surface area contributed by atoms with Gasteiger partial charge in [0.05, 0.1) is 29.3 Å². The lowest BCUT2D eigenvalue weighted by Gasteiger charge is -2.24. The first kappa shape index (κ1) is 24.1. The zero-order valence-electron chi connectivity index (χ0n) is 19.4. The lowest BCUT2D eigenvalue weighted by atomic mass is 10.00. The van der Waals surface area contributed by atoms with Crippen molar-refractivity contribution in [2.45, 2.75) is 19.3 Å². The fourth-order valence-corrected chi connectivity index (χ4v) is 3.85. The minimum Gasteiger partial charge on any atom is -0.396 e. The van der Waals surface area contributed by atoms with Crippen LogP contribution in [0.1, 0.15) is 29.6 Å². The number of rotatable bonds is 10. The molecular weight excluding hydrogens is 446 g/mol. The average molecular weight is 476 g/mol. The van der Waals surface area contributed by atoms with Crippen LogP contribution in [0, 0.1) is 12.5 Å². The lowest BCUT2D eigenvalue weighted by Crippen LogP contribution is -2.33. The molecule has 1 aliphatic heterocycles. The Morgan fingerprint density at radius 2 is 2.14 bits per heavy atom. The number of hydrogen-bond acceptors (Lipinski definition) is 8. The summed E-state index contributed by atoms with van der Waals surface area (Å²) >= 11 is 0. The Kier molecular flexibility index (Phi) is 8.21. The Morgan fingerprint density at radius 1 is 1.26 bits per heavy atom. The summed E-state index contributed by atoms with van der Waals surface area (Å²) in [6, 6.07) is 3.65. The van der Waals surface area contributed by atoms with E-state index in [1.165, 1.54) is 12.4 Å². The summed E-state index contributed by atoms with van der Waals surface area (Å²) in [7, 11) is 0. The quantitative estimate of drug-likeness (QED) is 0.223. The number of pyridine rings is 1. The number of aliphatic hydroxyl groups excluding tert-OH is 1. The second kappa shape index (κ2) is 11.9. The maximum Gasteiger partial charge on any atom is 0.288 e. The zero-order chi connectivity index (χ0) is 24.5. The Labute approximate surface area is 203 Å². The SMILES string of the molecule is [C-]#[N+]c1cnc(Nc2cc(NCC3CCCNC3)c(-n3ccc(C(=O)NCCCO)c3)cn2)cn1. The third-order valence-corrected chi connectivity index (χ3v) is 5.73. The number of carbonyl (C=O) groups excluding carboxylic acids is 1. The average Bonchev–Trinajstić information content (AvgIpc) is 3.39. The number of nitrogens with one attached hydrogen (secondary N) is 4. The number of aliphatic hydroxyl groups is 1. The third-order valence-electron chi connectivity index (χ3n) is 5.73. The topological polar surface area (TPSA) is 133 Å². The standard InChI is InChI=1S/C24H29N9O2/c1-25-22-14-31-23(15-30-22)32-21-10-19(28-12-17-4-2-6-26-11-17)20(13-29-21)33-8-5-18(16-33)24(35)27-7-3-9-34/h5,8,10,13-17,26,34H,2-4,6-7,9,11-12H2,(H,27,35)(H2,28,29,31,32). The van der Waals surface area contributed by atoms with Crippen molar-refractivity contribution < 1.29 is 9.90 Å². The van der Waals surface area contributed by atoms with E-state index in [4.69, 9.17) is 11.7 Å². The predicted octanol–water partition coefficient (Wildman–Crippen LogP) is 2.48. The smallest absolute Gasteiger partial charge is 0.288 e. The van der Waals surface area contributed by atoms with Gasteiger partial charge in [0.25, 0.3) is 11.7 Å². The maximum atomic E-state index is 12.4. The molecular formula is C24H29N9O2. The van der Waals surface area contributed by atoms with Crippen molar-refractivity contribution in [1.29, 1.82) is 0 Å². The summed E-state index contributed by atoms with van der Waals surface area (Å²) < 4.78 is 1.86. The van der Waals surface area contributed by atoms with Crippen molar-refractivity contribution in [3.8, 4) is 5.69 Å². The van der Waals surface area contributed by atoms with Gasteiger partial charge in [-0.2, -0.15) is 0 Å². The molecule has 0 radical (unpaired) electrons. The van der Waals surface area contributed by atoms with Crippen LogP contribution in [0.4, 0.5) is 23.1 Å². The number of amides is 1. The minimum absolute atomic E-state index is 0.0359. The maximum absolute atomic E-state index is 12.4. The van der Waals surface area contributed by atoms with Gasteiger partial charge < -0.3 is 35.8 Å². The first-order valence-corrected chi connectivity index (χ1v) is 11.6. The van der Waals surface area contributed by atoms with Gasteiger partial charge in [-0.1, -0.05) is 6.57 Å². The summed E-state index contributed by atoms with van der Waals surface area (Å²) in [5, 5.41) is 21.9. The van der Waals surface area contributed by atoms with Gasteiger partial charge in [-0.05, 0) is 44.3 Å². The summed E-state index contributed by atoms with van der Waals surface area (Å²) in [6.07, 6.45) is 11.1. The molecule has 0 spiro atoms. The first-order valence-electron chi connectivity index (χ1n) is 11.6. The predicted molar refractivity (Wildman–Crippen MR) is 133 cm³/mol. The molecule has 0 bridgehead atoms. The largest absolute Gasteiger partial charge is 0.396 e. The van der Waals surface area contributed by atoms with Crippen molar-refractivity contribution in [1.82, 2.24) is 30.2 Å². The van der Waals surface area contributed by atoms with Crippen molar-refractivity contribution in [2.24, 2.45) is 5.92 Å². The van der Waals surface area contributed by atoms with Crippen LogP contribution in [0.2, 0.25) is 0 Å². The molecule has 1 unspecified atom stereocenters. The molecule has 1 amide bonds. The fourth-order valence-electron chi connectivity index (χ4n) is 3.85. The molecule has 0 saturated carbocycles. The van der Waals surface area contributed by atoms with Crippen LogP contribution in [0.5, 0.6) is 0 Å². The Hall–Kier alpha value is -4.01. The normalized spacial score (nSPS) is 15.3. The van der Waals surface area contributed by atoms with Gasteiger partial charge in [0.15, 0.2) is 12.0 Å². The molecule has 0 aliphatic carbocycles. The number of hydrogen-bond donors (Lipinski definition) is 5. The highest BCUT2D eigenvalue weighted by Crippen LogP contribution is 2.26. The highest BCUT2D eigenvalue weighted by molar-refractivity contribution is 5.94. The second-order valence-electron chi connectivity index (χ2n) is 8.32. The molecule has 3 aromatic heterocycles. The highest BCUT2D eigenvalue weighted by atomic mass is 16.3. The Morgan fingerprint density at radius 3 is 2.89 bits per heavy atom. The molecule has 3 aromatic rings. The van der Waals surface area contributed by atoms with Crippen LogP contribution in [0.25, 0.3) is 10.5 Å². The number of piperidine rings is 1. The lowest BCUT2D eigenvalue weighted by molar-refractivity contribution is 0.0951. The third kappa shape index (κ3) is 6.53. The van der Waals surface area contributed by atoms with E-state index < -0.39 is 0 Å². The Bertz CT molecular complexity index is 1160. The zero-order valence-corrected chi connectivity index (χ0v) is 19.4. The van der Waals surface area contributed by atoms with E-state index in [2.05, 4.69) is 41.1 Å². The van der Waals surface area contributed by atoms with E-state index in [1.807, 2.05) is 16.8 Å². The number of carbonyl (C=O) groups is 1. The van der Waals surface area contributed by atoms with Crippen LogP contribution in [0.15, 0.2) is 43.1 Å². The molecule has 4 heterocycles. The number of nitrogens with zero attached hydrogens (tertiary/aromatic N) is 5. The molecule has 1 fully saturated rings. The molecule has 11 heteroatoms. The van der Waals surface area contributed by atoms with Gasteiger partial charge in [0.2, 0.25) is 0 Å². The molecule has 1 aliphatic rings. The molecule has 1 atom stereocenters. The fraction of sp³-hybridized carbons (Fsp3) is 0.375. The summed E-state index contributed by atoms with van der Waals surface area (Å²) in [5.74, 6) is 1.63. The number of aromatic nitrogens is 4. The monoisotopic (exact) mass is 475 g/mol. The molecule has 0 aromatic carbocycles. The summed E-state index contributed by atoms with van der Waals surface area (Å²) in [5.41, 5.74) is 2.20. The van der Waals surface area contributed by atoms with E-state index in [1.54, 1.807) is 18.5 Å². The second-order valence-corrected chi connectivity index (χ2v) is 8.32. The van der Waals surface area contributed by atoms with E-state index in [-0.39, 0.29) is 18.3 Å². The molecule has 35 heavy (non-hydrogen) atoms. The van der Waals surface area contributed by atoms with Crippen LogP contribution in [-0.2, 0) is 0 Å². The van der Waals surface area contributed by atoms with E-state index in [0.717, 1.165) is 43.9 Å². The van der Waals surface area contributed by atoms with Crippen molar-refractivity contribution in [2.75, 3.05) is 43.4 Å². The van der Waals surface area contributed by atoms with Crippen LogP contribution in [-0.4, -0.2) is 63.3 Å². The minimum atomic E-state index is -0.187. The van der Waals surface area contributed by atoms with Crippen LogP contribution < -0.4 is 21.3 Å². The van der Waals surface area contributed by atoms with Crippen molar-refractivity contribution in [3.05, 3.63) is 60.1 Å². The van der Waals surface area contributed by atoms with Gasteiger partial charge in [0.1, 0.15) is 5.82 Å². The van der Waals surface area contributed by atoms with Crippen LogP contribution >= 0.6 is 0 Å². The molecule has 4 rings (SSSR count). The van der Waals surface area contributed by atoms with Gasteiger partial charge in [-0.15, -0.1) is 4.98 Å². The molecule has 5 N–H and O–H groups in total. The van der Waals surface area contributed by atoms with Gasteiger partial charge in [0, 0.05) is 38.2 Å². The highest BCUT2D eigenvalue weighted by Gasteiger charge is 2.16. The van der Waals surface area contributed by atoms with Crippen LogP contribution in [0.3, 0.4) is 0 Å². The van der Waals surface area contributed by atoms with E-state index in [0.29, 0.717) is 36.1 Å². The molecule has 11 nitrogen and oxygen atoms in total. The molecule has 1 saturated heterocycles. The van der Waals surface area contributed by atoms with Gasteiger partial charge in [-0.3, -0.25) is 4.79 Å². The van der Waals surface area contributed by atoms with E-state index in [9.17, 15) is 4.79 Å². The van der Waals surface area contributed by atoms with E-state index >= 15 is 0 Å². The first-order chi connectivity index (χ1) is 17.2. The Balaban J connectivity index is 1.55. The van der Waals surface area contributed by atoms with Gasteiger partial charge >= 0.3 is 0 Å². The van der Waals surface area contributed by atoms with Crippen molar-refractivity contribution >= 4 is 29.0 Å². The van der Waals surface area contributed by atoms with Gasteiger partial charge in [-0.25, -0.2) is 9.97 Å². The summed E-state index contributed by atoms with van der Waals surface area (Å²) in [6.45, 7) is 10.3. The number of anilines is 3. The summed E-state index contributed by atoms with van der Waals surface area (Å²) in [4.78, 5) is 28.4. The van der Waals surface area contributed by atoms with Crippen molar-refractivity contribution in [3.63, 3.8) is 0 Å². The molecule has 182 valence electrons.